The summed E-state index contributed by atoms with van der Waals surface area (Å²) in [5.74, 6) is 0. The van der Waals surface area contributed by atoms with Gasteiger partial charge in [-0.2, -0.15) is 0 Å². The average molecular weight is 293 g/mol. The molecule has 0 fully saturated rings. The number of alkyl halides is 1. The summed E-state index contributed by atoms with van der Waals surface area (Å²) < 4.78 is 1.17. The second kappa shape index (κ2) is 5.73. The van der Waals surface area contributed by atoms with E-state index in [1.54, 1.807) is 0 Å². The molecule has 66 valence electrons. The maximum atomic E-state index is 3.50. The summed E-state index contributed by atoms with van der Waals surface area (Å²) >= 11 is 6.86. The van der Waals surface area contributed by atoms with Crippen LogP contribution in [0.3, 0.4) is 0 Å². The molecule has 0 aliphatic carbocycles. The van der Waals surface area contributed by atoms with Crippen LogP contribution in [0.15, 0.2) is 28.7 Å². The van der Waals surface area contributed by atoms with Gasteiger partial charge in [0.1, 0.15) is 0 Å². The van der Waals surface area contributed by atoms with E-state index < -0.39 is 0 Å². The van der Waals surface area contributed by atoms with Gasteiger partial charge < -0.3 is 5.32 Å². The number of halogens is 2. The van der Waals surface area contributed by atoms with E-state index in [1.165, 1.54) is 10.0 Å². The van der Waals surface area contributed by atoms with Gasteiger partial charge in [0.15, 0.2) is 0 Å². The highest BCUT2D eigenvalue weighted by molar-refractivity contribution is 9.10. The van der Waals surface area contributed by atoms with E-state index in [4.69, 9.17) is 0 Å². The van der Waals surface area contributed by atoms with Gasteiger partial charge in [-0.1, -0.05) is 50.1 Å². The Morgan fingerprint density at radius 1 is 1.25 bits per heavy atom. The molecular formula is C9H11Br2N. The highest BCUT2D eigenvalue weighted by atomic mass is 79.9. The molecule has 0 unspecified atom stereocenters. The van der Waals surface area contributed by atoms with E-state index in [-0.39, 0.29) is 0 Å². The Morgan fingerprint density at radius 3 is 2.67 bits per heavy atom. The lowest BCUT2D eigenvalue weighted by Gasteiger charge is -2.04. The Labute approximate surface area is 89.8 Å². The van der Waals surface area contributed by atoms with Gasteiger partial charge in [-0.05, 0) is 11.6 Å². The maximum absolute atomic E-state index is 3.50. The minimum Gasteiger partial charge on any atom is -0.312 e. The van der Waals surface area contributed by atoms with Crippen molar-refractivity contribution in [2.75, 3.05) is 11.9 Å². The van der Waals surface area contributed by atoms with Crippen molar-refractivity contribution in [1.82, 2.24) is 5.32 Å². The average Bonchev–Trinajstić information content (AvgIpc) is 2.09. The first kappa shape index (κ1) is 10.2. The largest absolute Gasteiger partial charge is 0.312 e. The predicted octanol–water partition coefficient (Wildman–Crippen LogP) is 2.93. The molecule has 0 atom stereocenters. The van der Waals surface area contributed by atoms with E-state index in [0.29, 0.717) is 0 Å². The molecule has 1 aromatic rings. The number of hydrogen-bond donors (Lipinski definition) is 1. The van der Waals surface area contributed by atoms with E-state index in [9.17, 15) is 0 Å². The summed E-state index contributed by atoms with van der Waals surface area (Å²) in [4.78, 5) is 0. The van der Waals surface area contributed by atoms with Gasteiger partial charge in [0.05, 0.1) is 0 Å². The van der Waals surface area contributed by atoms with Crippen LogP contribution in [-0.4, -0.2) is 11.9 Å². The van der Waals surface area contributed by atoms with Crippen LogP contribution in [-0.2, 0) is 6.54 Å². The molecule has 0 amide bonds. The summed E-state index contributed by atoms with van der Waals surface area (Å²) in [6.45, 7) is 1.92. The first-order chi connectivity index (χ1) is 5.84. The molecule has 12 heavy (non-hydrogen) atoms. The standard InChI is InChI=1S/C9H11Br2N/c10-5-6-12-7-8-3-1-2-4-9(8)11/h1-4,12H,5-7H2. The predicted molar refractivity (Wildman–Crippen MR) is 59.6 cm³/mol. The molecule has 0 aliphatic heterocycles. The van der Waals surface area contributed by atoms with Crippen LogP contribution in [0.5, 0.6) is 0 Å². The molecule has 0 bridgehead atoms. The molecule has 0 aliphatic rings. The molecule has 1 N–H and O–H groups in total. The maximum Gasteiger partial charge on any atom is 0.0220 e. The molecule has 0 aromatic heterocycles. The fourth-order valence-electron chi connectivity index (χ4n) is 0.932. The Morgan fingerprint density at radius 2 is 2.00 bits per heavy atom. The molecule has 1 aromatic carbocycles. The van der Waals surface area contributed by atoms with Gasteiger partial charge in [-0.25, -0.2) is 0 Å². The molecular weight excluding hydrogens is 282 g/mol. The Kier molecular flexibility index (Phi) is 4.88. The van der Waals surface area contributed by atoms with Crippen LogP contribution in [0.25, 0.3) is 0 Å². The quantitative estimate of drug-likeness (QED) is 0.665. The van der Waals surface area contributed by atoms with E-state index in [0.717, 1.165) is 18.4 Å². The zero-order valence-corrected chi connectivity index (χ0v) is 9.86. The zero-order valence-electron chi connectivity index (χ0n) is 6.69. The lowest BCUT2D eigenvalue weighted by molar-refractivity contribution is 0.732. The second-order valence-electron chi connectivity index (χ2n) is 2.46. The second-order valence-corrected chi connectivity index (χ2v) is 4.10. The molecule has 0 heterocycles. The van der Waals surface area contributed by atoms with Crippen LogP contribution in [0.1, 0.15) is 5.56 Å². The van der Waals surface area contributed by atoms with Gasteiger partial charge in [0.25, 0.3) is 0 Å². The van der Waals surface area contributed by atoms with Crippen molar-refractivity contribution in [3.05, 3.63) is 34.3 Å². The minimum atomic E-state index is 0.924. The summed E-state index contributed by atoms with van der Waals surface area (Å²) in [6.07, 6.45) is 0. The summed E-state index contributed by atoms with van der Waals surface area (Å²) in [7, 11) is 0. The Balaban J connectivity index is 2.46. The van der Waals surface area contributed by atoms with Gasteiger partial charge in [0.2, 0.25) is 0 Å². The number of hydrogen-bond acceptors (Lipinski definition) is 1. The summed E-state index contributed by atoms with van der Waals surface area (Å²) in [5.41, 5.74) is 1.30. The van der Waals surface area contributed by atoms with E-state index in [2.05, 4.69) is 55.4 Å². The van der Waals surface area contributed by atoms with Crippen molar-refractivity contribution in [1.29, 1.82) is 0 Å². The number of rotatable bonds is 4. The van der Waals surface area contributed by atoms with Crippen LogP contribution in [0.2, 0.25) is 0 Å². The third-order valence-electron chi connectivity index (χ3n) is 1.54. The molecule has 3 heteroatoms. The highest BCUT2D eigenvalue weighted by Crippen LogP contribution is 2.14. The SMILES string of the molecule is BrCCNCc1ccccc1Br. The van der Waals surface area contributed by atoms with Crippen molar-refractivity contribution in [2.24, 2.45) is 0 Å². The first-order valence-electron chi connectivity index (χ1n) is 3.84. The molecule has 1 rings (SSSR count). The van der Waals surface area contributed by atoms with E-state index >= 15 is 0 Å². The van der Waals surface area contributed by atoms with Crippen LogP contribution < -0.4 is 5.32 Å². The monoisotopic (exact) mass is 291 g/mol. The third kappa shape index (κ3) is 3.25. The smallest absolute Gasteiger partial charge is 0.0220 e. The van der Waals surface area contributed by atoms with Gasteiger partial charge >= 0.3 is 0 Å². The number of nitrogens with one attached hydrogen (secondary N) is 1. The van der Waals surface area contributed by atoms with Gasteiger partial charge in [-0.15, -0.1) is 0 Å². The van der Waals surface area contributed by atoms with Crippen molar-refractivity contribution < 1.29 is 0 Å². The number of benzene rings is 1. The van der Waals surface area contributed by atoms with Crippen LogP contribution in [0, 0.1) is 0 Å². The molecule has 0 saturated carbocycles. The normalized spacial score (nSPS) is 10.2. The van der Waals surface area contributed by atoms with Gasteiger partial charge in [0, 0.05) is 22.9 Å². The topological polar surface area (TPSA) is 12.0 Å². The fourth-order valence-corrected chi connectivity index (χ4v) is 1.64. The molecule has 0 radical (unpaired) electrons. The Hall–Kier alpha value is 0.140. The molecule has 0 saturated heterocycles. The highest BCUT2D eigenvalue weighted by Gasteiger charge is 1.95. The lowest BCUT2D eigenvalue weighted by Crippen LogP contribution is -2.15. The fraction of sp³-hybridized carbons (Fsp3) is 0.333. The molecule has 0 spiro atoms. The summed E-state index contributed by atoms with van der Waals surface area (Å²) in [5, 5.41) is 4.31. The third-order valence-corrected chi connectivity index (χ3v) is 2.71. The van der Waals surface area contributed by atoms with Crippen LogP contribution in [0.4, 0.5) is 0 Å². The minimum absolute atomic E-state index is 0.924. The molecule has 1 nitrogen and oxygen atoms in total. The van der Waals surface area contributed by atoms with Crippen molar-refractivity contribution in [2.45, 2.75) is 6.54 Å². The van der Waals surface area contributed by atoms with Crippen molar-refractivity contribution in [3.63, 3.8) is 0 Å². The zero-order chi connectivity index (χ0) is 8.81. The van der Waals surface area contributed by atoms with E-state index in [1.807, 2.05) is 6.07 Å². The van der Waals surface area contributed by atoms with Crippen molar-refractivity contribution in [3.8, 4) is 0 Å². The van der Waals surface area contributed by atoms with Crippen LogP contribution >= 0.6 is 31.9 Å². The lowest BCUT2D eigenvalue weighted by atomic mass is 10.2. The Bertz CT molecular complexity index is 238. The van der Waals surface area contributed by atoms with Gasteiger partial charge in [-0.3, -0.25) is 0 Å². The first-order valence-corrected chi connectivity index (χ1v) is 5.76. The summed E-state index contributed by atoms with van der Waals surface area (Å²) in [6, 6.07) is 8.25. The van der Waals surface area contributed by atoms with Crippen molar-refractivity contribution >= 4 is 31.9 Å².